The molecule has 0 saturated carbocycles. The van der Waals surface area contributed by atoms with Gasteiger partial charge in [0.15, 0.2) is 0 Å². The number of carboxylic acids is 1. The molecule has 4 heteroatoms. The Balaban J connectivity index is 0.000000461. The van der Waals surface area contributed by atoms with Crippen molar-refractivity contribution in [3.63, 3.8) is 0 Å². The van der Waals surface area contributed by atoms with Gasteiger partial charge in [0.1, 0.15) is 4.88 Å². The number of hydrogen-bond donors (Lipinski definition) is 1. The summed E-state index contributed by atoms with van der Waals surface area (Å²) in [5, 5.41) is 10.3. The summed E-state index contributed by atoms with van der Waals surface area (Å²) >= 11 is 6.59. The van der Waals surface area contributed by atoms with Crippen LogP contribution >= 0.6 is 22.9 Å². The molecule has 2 nitrogen and oxygen atoms in total. The summed E-state index contributed by atoms with van der Waals surface area (Å²) < 4.78 is 0. The molecule has 1 aromatic heterocycles. The van der Waals surface area contributed by atoms with Crippen molar-refractivity contribution in [2.45, 2.75) is 13.8 Å². The van der Waals surface area contributed by atoms with Crippen LogP contribution in [0.5, 0.6) is 0 Å². The number of carboxylic acid groups (broad SMARTS) is 1. The van der Waals surface area contributed by atoms with Crippen molar-refractivity contribution in [1.29, 1.82) is 0 Å². The quantitative estimate of drug-likeness (QED) is 0.743. The highest BCUT2D eigenvalue weighted by Gasteiger charge is 2.07. The van der Waals surface area contributed by atoms with Crippen molar-refractivity contribution in [2.24, 2.45) is 0 Å². The molecule has 0 aliphatic heterocycles. The Bertz CT molecular complexity index is 232. The lowest BCUT2D eigenvalue weighted by molar-refractivity contribution is 0.0702. The molecule has 0 aliphatic carbocycles. The lowest BCUT2D eigenvalue weighted by Gasteiger charge is -1.84. The topological polar surface area (TPSA) is 37.3 Å². The van der Waals surface area contributed by atoms with E-state index in [1.54, 1.807) is 11.4 Å². The lowest BCUT2D eigenvalue weighted by atomic mass is 10.5. The van der Waals surface area contributed by atoms with Gasteiger partial charge in [-0.15, -0.1) is 11.3 Å². The third-order valence-corrected chi connectivity index (χ3v) is 2.14. The zero-order valence-corrected chi connectivity index (χ0v) is 7.87. The van der Waals surface area contributed by atoms with E-state index in [4.69, 9.17) is 16.7 Å². The highest BCUT2D eigenvalue weighted by Crippen LogP contribution is 2.21. The molecule has 1 heterocycles. The van der Waals surface area contributed by atoms with Crippen LogP contribution in [0.2, 0.25) is 5.02 Å². The minimum Gasteiger partial charge on any atom is -0.477 e. The smallest absolute Gasteiger partial charge is 0.347 e. The fourth-order valence-corrected chi connectivity index (χ4v) is 1.42. The van der Waals surface area contributed by atoms with Crippen molar-refractivity contribution in [2.75, 3.05) is 0 Å². The van der Waals surface area contributed by atoms with Crippen LogP contribution in [-0.4, -0.2) is 11.1 Å². The molecule has 0 spiro atoms. The van der Waals surface area contributed by atoms with Crippen molar-refractivity contribution in [3.05, 3.63) is 21.3 Å². The van der Waals surface area contributed by atoms with Gasteiger partial charge in [-0.05, 0) is 11.4 Å². The third-order valence-electron chi connectivity index (χ3n) is 0.811. The van der Waals surface area contributed by atoms with Crippen molar-refractivity contribution >= 4 is 28.9 Å². The molecule has 0 bridgehead atoms. The predicted molar refractivity (Wildman–Crippen MR) is 47.6 cm³/mol. The van der Waals surface area contributed by atoms with Crippen molar-refractivity contribution in [3.8, 4) is 0 Å². The van der Waals surface area contributed by atoms with Crippen LogP contribution in [0.25, 0.3) is 0 Å². The predicted octanol–water partition coefficient (Wildman–Crippen LogP) is 3.13. The molecular formula is C7H9ClO2S. The maximum absolute atomic E-state index is 10.2. The van der Waals surface area contributed by atoms with Gasteiger partial charge in [-0.3, -0.25) is 0 Å². The molecule has 1 aromatic rings. The first kappa shape index (κ1) is 10.5. The van der Waals surface area contributed by atoms with Gasteiger partial charge in [-0.25, -0.2) is 4.79 Å². The summed E-state index contributed by atoms with van der Waals surface area (Å²) in [6, 6.07) is 1.57. The second-order valence-corrected chi connectivity index (χ2v) is 2.73. The Morgan fingerprint density at radius 3 is 2.36 bits per heavy atom. The molecule has 0 aromatic carbocycles. The maximum atomic E-state index is 10.2. The van der Waals surface area contributed by atoms with E-state index in [2.05, 4.69) is 0 Å². The van der Waals surface area contributed by atoms with Gasteiger partial charge >= 0.3 is 5.97 Å². The summed E-state index contributed by atoms with van der Waals surface area (Å²) in [4.78, 5) is 10.4. The van der Waals surface area contributed by atoms with E-state index in [1.807, 2.05) is 13.8 Å². The van der Waals surface area contributed by atoms with E-state index in [0.717, 1.165) is 11.3 Å². The first-order chi connectivity index (χ1) is 5.22. The van der Waals surface area contributed by atoms with Gasteiger partial charge < -0.3 is 5.11 Å². The number of hydrogen-bond acceptors (Lipinski definition) is 2. The van der Waals surface area contributed by atoms with E-state index in [9.17, 15) is 4.79 Å². The van der Waals surface area contributed by atoms with Crippen LogP contribution in [0.15, 0.2) is 11.4 Å². The van der Waals surface area contributed by atoms with Gasteiger partial charge in [-0.1, -0.05) is 25.4 Å². The fraction of sp³-hybridized carbons (Fsp3) is 0.286. The van der Waals surface area contributed by atoms with E-state index in [0.29, 0.717) is 5.02 Å². The molecule has 11 heavy (non-hydrogen) atoms. The molecule has 0 fully saturated rings. The van der Waals surface area contributed by atoms with E-state index >= 15 is 0 Å². The lowest BCUT2D eigenvalue weighted by Crippen LogP contribution is -1.91. The minimum absolute atomic E-state index is 0.205. The molecule has 1 N–H and O–H groups in total. The number of carbonyl (C=O) groups is 1. The zero-order valence-electron chi connectivity index (χ0n) is 6.30. The molecule has 0 atom stereocenters. The zero-order chi connectivity index (χ0) is 8.85. The monoisotopic (exact) mass is 192 g/mol. The van der Waals surface area contributed by atoms with Gasteiger partial charge in [0.2, 0.25) is 0 Å². The maximum Gasteiger partial charge on any atom is 0.347 e. The van der Waals surface area contributed by atoms with Crippen LogP contribution in [0.1, 0.15) is 23.5 Å². The fourth-order valence-electron chi connectivity index (χ4n) is 0.446. The van der Waals surface area contributed by atoms with Gasteiger partial charge in [0.05, 0.1) is 5.02 Å². The Morgan fingerprint density at radius 2 is 2.18 bits per heavy atom. The third kappa shape index (κ3) is 2.91. The van der Waals surface area contributed by atoms with Crippen LogP contribution in [0.3, 0.4) is 0 Å². The second kappa shape index (κ2) is 5.16. The highest BCUT2D eigenvalue weighted by molar-refractivity contribution is 7.12. The Labute approximate surface area is 74.4 Å². The van der Waals surface area contributed by atoms with E-state index in [-0.39, 0.29) is 4.88 Å². The second-order valence-electron chi connectivity index (χ2n) is 1.40. The molecule has 0 radical (unpaired) electrons. The molecule has 0 unspecified atom stereocenters. The van der Waals surface area contributed by atoms with E-state index in [1.165, 1.54) is 0 Å². The highest BCUT2D eigenvalue weighted by atomic mass is 35.5. The molecule has 0 saturated heterocycles. The summed E-state index contributed by atoms with van der Waals surface area (Å²) in [5.41, 5.74) is 0. The Kier molecular flexibility index (Phi) is 4.90. The number of rotatable bonds is 1. The molecule has 0 aliphatic rings. The number of aromatic carboxylic acids is 1. The average molecular weight is 193 g/mol. The summed E-state index contributed by atoms with van der Waals surface area (Å²) in [6.45, 7) is 4.00. The van der Waals surface area contributed by atoms with Crippen LogP contribution < -0.4 is 0 Å². The summed E-state index contributed by atoms with van der Waals surface area (Å²) in [7, 11) is 0. The Morgan fingerprint density at radius 1 is 1.64 bits per heavy atom. The summed E-state index contributed by atoms with van der Waals surface area (Å²) in [5.74, 6) is -0.963. The summed E-state index contributed by atoms with van der Waals surface area (Å²) in [6.07, 6.45) is 0. The minimum atomic E-state index is -0.963. The van der Waals surface area contributed by atoms with Crippen LogP contribution in [0.4, 0.5) is 0 Å². The van der Waals surface area contributed by atoms with Gasteiger partial charge in [-0.2, -0.15) is 0 Å². The van der Waals surface area contributed by atoms with Gasteiger partial charge in [0.25, 0.3) is 0 Å². The largest absolute Gasteiger partial charge is 0.477 e. The normalized spacial score (nSPS) is 8.27. The van der Waals surface area contributed by atoms with Gasteiger partial charge in [0, 0.05) is 0 Å². The molecular weight excluding hydrogens is 184 g/mol. The molecule has 1 rings (SSSR count). The standard InChI is InChI=1S/C5H3ClO2S.C2H6/c6-3-1-2-9-4(3)5(7)8;1-2/h1-2H,(H,7,8);1-2H3. The van der Waals surface area contributed by atoms with Crippen molar-refractivity contribution < 1.29 is 9.90 Å². The molecule has 62 valence electrons. The van der Waals surface area contributed by atoms with Crippen LogP contribution in [-0.2, 0) is 0 Å². The van der Waals surface area contributed by atoms with E-state index < -0.39 is 5.97 Å². The number of thiophene rings is 1. The molecule has 0 amide bonds. The van der Waals surface area contributed by atoms with Crippen molar-refractivity contribution in [1.82, 2.24) is 0 Å². The Hall–Kier alpha value is -0.540. The number of halogens is 1. The first-order valence-electron chi connectivity index (χ1n) is 3.18. The average Bonchev–Trinajstić information content (AvgIpc) is 2.39. The SMILES string of the molecule is CC.O=C(O)c1sccc1Cl. The van der Waals surface area contributed by atoms with Crippen LogP contribution in [0, 0.1) is 0 Å². The first-order valence-corrected chi connectivity index (χ1v) is 4.44.